The van der Waals surface area contributed by atoms with Crippen LogP contribution in [0.5, 0.6) is 11.5 Å². The number of ether oxygens (including phenoxy) is 2. The second-order valence-corrected chi connectivity index (χ2v) is 7.89. The van der Waals surface area contributed by atoms with Crippen molar-refractivity contribution in [2.75, 3.05) is 24.9 Å². The third-order valence-electron chi connectivity index (χ3n) is 5.32. The standard InChI is InChI=1S/C27H26N4O4/c1-34-23-12-10-22(11-13-23)30-27(33)25-17-31(18-28-25)16-19-6-8-21(9-7-19)29-26(32)15-20-4-3-5-24(14-20)35-2/h3-14,17-18H,15-16H2,1-2H3,(H,29,32)(H,30,33). The first-order chi connectivity index (χ1) is 17.0. The maximum absolute atomic E-state index is 12.5. The number of nitrogens with zero attached hydrogens (tertiary/aromatic N) is 2. The van der Waals surface area contributed by atoms with Crippen molar-refractivity contribution in [1.82, 2.24) is 9.55 Å². The average molecular weight is 471 g/mol. The lowest BCUT2D eigenvalue weighted by molar-refractivity contribution is -0.115. The van der Waals surface area contributed by atoms with Crippen LogP contribution in [0.1, 0.15) is 21.6 Å². The summed E-state index contributed by atoms with van der Waals surface area (Å²) in [7, 11) is 3.19. The lowest BCUT2D eigenvalue weighted by Crippen LogP contribution is -2.14. The summed E-state index contributed by atoms with van der Waals surface area (Å²) >= 11 is 0. The molecule has 0 bridgehead atoms. The van der Waals surface area contributed by atoms with E-state index in [2.05, 4.69) is 15.6 Å². The summed E-state index contributed by atoms with van der Waals surface area (Å²) in [4.78, 5) is 29.1. The van der Waals surface area contributed by atoms with Crippen molar-refractivity contribution in [3.8, 4) is 11.5 Å². The number of aromatic nitrogens is 2. The lowest BCUT2D eigenvalue weighted by Gasteiger charge is -2.08. The Hall–Kier alpha value is -4.59. The second-order valence-electron chi connectivity index (χ2n) is 7.89. The second kappa shape index (κ2) is 11.0. The molecule has 3 aromatic carbocycles. The minimum absolute atomic E-state index is 0.104. The summed E-state index contributed by atoms with van der Waals surface area (Å²) in [6.45, 7) is 0.543. The number of rotatable bonds is 9. The van der Waals surface area contributed by atoms with Crippen LogP contribution >= 0.6 is 0 Å². The first-order valence-electron chi connectivity index (χ1n) is 11.0. The summed E-state index contributed by atoms with van der Waals surface area (Å²) in [5.41, 5.74) is 3.59. The zero-order valence-corrected chi connectivity index (χ0v) is 19.5. The Labute approximate surface area is 203 Å². The topological polar surface area (TPSA) is 94.5 Å². The quantitative estimate of drug-likeness (QED) is 0.379. The Bertz CT molecular complexity index is 1300. The van der Waals surface area contributed by atoms with Crippen LogP contribution in [-0.4, -0.2) is 35.6 Å². The molecule has 0 spiro atoms. The third kappa shape index (κ3) is 6.48. The van der Waals surface area contributed by atoms with Gasteiger partial charge in [-0.3, -0.25) is 9.59 Å². The van der Waals surface area contributed by atoms with E-state index in [0.717, 1.165) is 22.6 Å². The molecule has 0 aliphatic carbocycles. The summed E-state index contributed by atoms with van der Waals surface area (Å²) in [5.74, 6) is 1.05. The molecule has 2 N–H and O–H groups in total. The van der Waals surface area contributed by atoms with Gasteiger partial charge in [-0.15, -0.1) is 0 Å². The van der Waals surface area contributed by atoms with Crippen LogP contribution in [0.25, 0.3) is 0 Å². The molecule has 8 heteroatoms. The van der Waals surface area contributed by atoms with Crippen LogP contribution in [0.3, 0.4) is 0 Å². The van der Waals surface area contributed by atoms with Gasteiger partial charge in [0.15, 0.2) is 0 Å². The van der Waals surface area contributed by atoms with Crippen LogP contribution in [0, 0.1) is 0 Å². The Balaban J connectivity index is 1.30. The number of methoxy groups -OCH3 is 2. The number of amides is 2. The maximum Gasteiger partial charge on any atom is 0.275 e. The first-order valence-corrected chi connectivity index (χ1v) is 11.0. The van der Waals surface area contributed by atoms with Gasteiger partial charge in [0.05, 0.1) is 27.0 Å². The molecule has 35 heavy (non-hydrogen) atoms. The monoisotopic (exact) mass is 470 g/mol. The van der Waals surface area contributed by atoms with Gasteiger partial charge >= 0.3 is 0 Å². The molecule has 0 aliphatic heterocycles. The molecule has 2 amide bonds. The van der Waals surface area contributed by atoms with Crippen molar-refractivity contribution in [2.45, 2.75) is 13.0 Å². The fourth-order valence-corrected chi connectivity index (χ4v) is 3.51. The van der Waals surface area contributed by atoms with Gasteiger partial charge < -0.3 is 24.7 Å². The van der Waals surface area contributed by atoms with E-state index in [1.807, 2.05) is 53.1 Å². The van der Waals surface area contributed by atoms with Crippen molar-refractivity contribution in [2.24, 2.45) is 0 Å². The van der Waals surface area contributed by atoms with E-state index in [-0.39, 0.29) is 18.2 Å². The highest BCUT2D eigenvalue weighted by molar-refractivity contribution is 6.02. The van der Waals surface area contributed by atoms with Crippen LogP contribution in [0.2, 0.25) is 0 Å². The summed E-state index contributed by atoms with van der Waals surface area (Å²) < 4.78 is 12.2. The van der Waals surface area contributed by atoms with Crippen LogP contribution in [0.4, 0.5) is 11.4 Å². The molecule has 0 fully saturated rings. The molecule has 0 radical (unpaired) electrons. The van der Waals surface area contributed by atoms with Crippen molar-refractivity contribution >= 4 is 23.2 Å². The molecule has 0 unspecified atom stereocenters. The van der Waals surface area contributed by atoms with Crippen molar-refractivity contribution < 1.29 is 19.1 Å². The predicted octanol–water partition coefficient (Wildman–Crippen LogP) is 4.38. The van der Waals surface area contributed by atoms with Crippen LogP contribution in [-0.2, 0) is 17.8 Å². The number of nitrogens with one attached hydrogen (secondary N) is 2. The van der Waals surface area contributed by atoms with Crippen molar-refractivity contribution in [1.29, 1.82) is 0 Å². The number of benzene rings is 3. The highest BCUT2D eigenvalue weighted by Crippen LogP contribution is 2.17. The van der Waals surface area contributed by atoms with E-state index in [9.17, 15) is 9.59 Å². The Morgan fingerprint density at radius 3 is 2.23 bits per heavy atom. The van der Waals surface area contributed by atoms with Crippen molar-refractivity contribution in [3.05, 3.63) is 102 Å². The van der Waals surface area contributed by atoms with E-state index >= 15 is 0 Å². The van der Waals surface area contributed by atoms with Gasteiger partial charge in [0, 0.05) is 24.1 Å². The minimum Gasteiger partial charge on any atom is -0.497 e. The summed E-state index contributed by atoms with van der Waals surface area (Å²) in [5, 5.41) is 5.73. The van der Waals surface area contributed by atoms with Gasteiger partial charge in [0.1, 0.15) is 17.2 Å². The molecular weight excluding hydrogens is 444 g/mol. The van der Waals surface area contributed by atoms with Gasteiger partial charge in [-0.25, -0.2) is 4.98 Å². The van der Waals surface area contributed by atoms with E-state index in [1.54, 1.807) is 51.0 Å². The Morgan fingerprint density at radius 1 is 0.829 bits per heavy atom. The number of carbonyl (C=O) groups is 2. The zero-order chi connectivity index (χ0) is 24.6. The van der Waals surface area contributed by atoms with E-state index in [1.165, 1.54) is 0 Å². The summed E-state index contributed by atoms with van der Waals surface area (Å²) in [6, 6.07) is 22.1. The Kier molecular flexibility index (Phi) is 7.42. The number of hydrogen-bond donors (Lipinski definition) is 2. The highest BCUT2D eigenvalue weighted by atomic mass is 16.5. The normalized spacial score (nSPS) is 10.5. The Morgan fingerprint density at radius 2 is 1.51 bits per heavy atom. The van der Waals surface area contributed by atoms with E-state index in [0.29, 0.717) is 23.6 Å². The lowest BCUT2D eigenvalue weighted by atomic mass is 10.1. The van der Waals surface area contributed by atoms with Crippen LogP contribution < -0.4 is 20.1 Å². The number of anilines is 2. The van der Waals surface area contributed by atoms with Crippen molar-refractivity contribution in [3.63, 3.8) is 0 Å². The zero-order valence-electron chi connectivity index (χ0n) is 19.5. The third-order valence-corrected chi connectivity index (χ3v) is 5.32. The highest BCUT2D eigenvalue weighted by Gasteiger charge is 2.11. The first kappa shape index (κ1) is 23.6. The molecule has 8 nitrogen and oxygen atoms in total. The van der Waals surface area contributed by atoms with Gasteiger partial charge in [-0.2, -0.15) is 0 Å². The number of carbonyl (C=O) groups excluding carboxylic acids is 2. The van der Waals surface area contributed by atoms with Gasteiger partial charge in [-0.05, 0) is 59.7 Å². The molecule has 0 aliphatic rings. The average Bonchev–Trinajstić information content (AvgIpc) is 3.34. The number of hydrogen-bond acceptors (Lipinski definition) is 5. The largest absolute Gasteiger partial charge is 0.497 e. The molecule has 1 aromatic heterocycles. The molecule has 0 saturated carbocycles. The fourth-order valence-electron chi connectivity index (χ4n) is 3.51. The predicted molar refractivity (Wildman–Crippen MR) is 134 cm³/mol. The molecule has 4 aromatic rings. The van der Waals surface area contributed by atoms with E-state index < -0.39 is 0 Å². The molecule has 178 valence electrons. The fraction of sp³-hybridized carbons (Fsp3) is 0.148. The molecule has 4 rings (SSSR count). The molecular formula is C27H26N4O4. The molecule has 0 saturated heterocycles. The minimum atomic E-state index is -0.289. The van der Waals surface area contributed by atoms with E-state index in [4.69, 9.17) is 9.47 Å². The van der Waals surface area contributed by atoms with Gasteiger partial charge in [0.2, 0.25) is 5.91 Å². The van der Waals surface area contributed by atoms with Crippen LogP contribution in [0.15, 0.2) is 85.3 Å². The molecule has 0 atom stereocenters. The SMILES string of the molecule is COc1ccc(NC(=O)c2cn(Cc3ccc(NC(=O)Cc4cccc(OC)c4)cc3)cn2)cc1. The number of imidazole rings is 1. The van der Waals surface area contributed by atoms with Gasteiger partial charge in [-0.1, -0.05) is 24.3 Å². The molecule has 1 heterocycles. The smallest absolute Gasteiger partial charge is 0.275 e. The summed E-state index contributed by atoms with van der Waals surface area (Å²) in [6.07, 6.45) is 3.57. The van der Waals surface area contributed by atoms with Gasteiger partial charge in [0.25, 0.3) is 5.91 Å². The maximum atomic E-state index is 12.5.